The van der Waals surface area contributed by atoms with E-state index in [1.54, 1.807) is 0 Å². The zero-order valence-electron chi connectivity index (χ0n) is 16.3. The molecule has 150 valence electrons. The average molecular weight is 380 g/mol. The molecular formula is C22H30F2O3. The van der Waals surface area contributed by atoms with E-state index in [4.69, 9.17) is 14.2 Å². The van der Waals surface area contributed by atoms with Gasteiger partial charge in [-0.1, -0.05) is 12.2 Å². The summed E-state index contributed by atoms with van der Waals surface area (Å²) < 4.78 is 44.2. The van der Waals surface area contributed by atoms with Crippen molar-refractivity contribution in [3.8, 4) is 11.5 Å². The first-order valence-corrected chi connectivity index (χ1v) is 10.0. The minimum absolute atomic E-state index is 0.0407. The van der Waals surface area contributed by atoms with Crippen LogP contribution in [-0.2, 0) is 4.74 Å². The summed E-state index contributed by atoms with van der Waals surface area (Å²) in [7, 11) is 1.31. The molecule has 5 heteroatoms. The van der Waals surface area contributed by atoms with Gasteiger partial charge in [0, 0.05) is 5.92 Å². The van der Waals surface area contributed by atoms with E-state index in [0.29, 0.717) is 30.5 Å². The third-order valence-corrected chi connectivity index (χ3v) is 5.93. The highest BCUT2D eigenvalue weighted by Crippen LogP contribution is 2.36. The normalized spacial score (nSPS) is 29.0. The molecule has 1 aliphatic heterocycles. The van der Waals surface area contributed by atoms with Crippen LogP contribution in [0.4, 0.5) is 8.78 Å². The van der Waals surface area contributed by atoms with Crippen molar-refractivity contribution >= 4 is 0 Å². The van der Waals surface area contributed by atoms with Gasteiger partial charge < -0.3 is 14.2 Å². The van der Waals surface area contributed by atoms with Gasteiger partial charge in [-0.15, -0.1) is 0 Å². The second-order valence-electron chi connectivity index (χ2n) is 7.72. The van der Waals surface area contributed by atoms with Gasteiger partial charge in [-0.25, -0.2) is 0 Å². The Morgan fingerprint density at radius 1 is 1.04 bits per heavy atom. The molecule has 1 saturated heterocycles. The number of ether oxygens (including phenoxy) is 3. The molecular weight excluding hydrogens is 350 g/mol. The van der Waals surface area contributed by atoms with Crippen molar-refractivity contribution in [2.24, 2.45) is 17.8 Å². The van der Waals surface area contributed by atoms with E-state index in [-0.39, 0.29) is 11.5 Å². The summed E-state index contributed by atoms with van der Waals surface area (Å²) in [5.74, 6) is -0.562. The SMILES string of the molecule is C/C=C/C1CCC(C2CCC(COc3ccc(OC)c(F)c3F)CC2)OC1. The molecule has 1 aromatic carbocycles. The Hall–Kier alpha value is -1.62. The van der Waals surface area contributed by atoms with Crippen molar-refractivity contribution in [2.45, 2.75) is 51.6 Å². The second-order valence-corrected chi connectivity index (χ2v) is 7.72. The topological polar surface area (TPSA) is 27.7 Å². The Bertz CT molecular complexity index is 631. The lowest BCUT2D eigenvalue weighted by Crippen LogP contribution is -2.34. The minimum Gasteiger partial charge on any atom is -0.494 e. The first kappa shape index (κ1) is 20.1. The molecule has 0 N–H and O–H groups in total. The van der Waals surface area contributed by atoms with Crippen LogP contribution < -0.4 is 9.47 Å². The summed E-state index contributed by atoms with van der Waals surface area (Å²) in [5, 5.41) is 0. The maximum Gasteiger partial charge on any atom is 0.204 e. The number of allylic oxidation sites excluding steroid dienone is 1. The molecule has 1 heterocycles. The predicted octanol–water partition coefficient (Wildman–Crippen LogP) is 5.53. The molecule has 3 rings (SSSR count). The molecule has 0 bridgehead atoms. The quantitative estimate of drug-likeness (QED) is 0.607. The maximum absolute atomic E-state index is 14.0. The summed E-state index contributed by atoms with van der Waals surface area (Å²) in [6.07, 6.45) is 11.4. The van der Waals surface area contributed by atoms with E-state index in [0.717, 1.165) is 38.7 Å². The highest BCUT2D eigenvalue weighted by Gasteiger charge is 2.31. The van der Waals surface area contributed by atoms with Gasteiger partial charge in [0.15, 0.2) is 11.5 Å². The van der Waals surface area contributed by atoms with Crippen LogP contribution >= 0.6 is 0 Å². The molecule has 2 fully saturated rings. The van der Waals surface area contributed by atoms with Crippen molar-refractivity contribution < 1.29 is 23.0 Å². The van der Waals surface area contributed by atoms with Crippen molar-refractivity contribution in [1.29, 1.82) is 0 Å². The number of halogens is 2. The molecule has 1 aromatic rings. The Morgan fingerprint density at radius 2 is 1.74 bits per heavy atom. The largest absolute Gasteiger partial charge is 0.494 e. The van der Waals surface area contributed by atoms with Gasteiger partial charge in [0.05, 0.1) is 26.4 Å². The standard InChI is InChI=1S/C22H30F2O3/c1-3-4-15-7-10-18(26-13-15)17-8-5-16(6-9-17)14-27-20-12-11-19(25-2)21(23)22(20)24/h3-4,11-12,15-18H,5-10,13-14H2,1-2H3/b4-3+. The van der Waals surface area contributed by atoms with Crippen molar-refractivity contribution in [3.05, 3.63) is 35.9 Å². The van der Waals surface area contributed by atoms with Crippen LogP contribution in [0.5, 0.6) is 11.5 Å². The van der Waals surface area contributed by atoms with Gasteiger partial charge in [0.25, 0.3) is 0 Å². The lowest BCUT2D eigenvalue weighted by atomic mass is 9.77. The zero-order chi connectivity index (χ0) is 19.2. The van der Waals surface area contributed by atoms with Crippen LogP contribution in [0.25, 0.3) is 0 Å². The molecule has 0 amide bonds. The Labute approximate surface area is 160 Å². The smallest absolute Gasteiger partial charge is 0.204 e. The highest BCUT2D eigenvalue weighted by atomic mass is 19.2. The molecule has 2 unspecified atom stereocenters. The fourth-order valence-electron chi connectivity index (χ4n) is 4.31. The first-order chi connectivity index (χ1) is 13.1. The van der Waals surface area contributed by atoms with E-state index < -0.39 is 11.6 Å². The molecule has 1 aliphatic carbocycles. The number of rotatable bonds is 6. The van der Waals surface area contributed by atoms with E-state index in [1.807, 2.05) is 0 Å². The summed E-state index contributed by atoms with van der Waals surface area (Å²) in [5.41, 5.74) is 0. The summed E-state index contributed by atoms with van der Waals surface area (Å²) in [6, 6.07) is 2.83. The van der Waals surface area contributed by atoms with E-state index >= 15 is 0 Å². The van der Waals surface area contributed by atoms with Crippen LogP contribution in [0.2, 0.25) is 0 Å². The fourth-order valence-corrected chi connectivity index (χ4v) is 4.31. The van der Waals surface area contributed by atoms with Crippen molar-refractivity contribution in [2.75, 3.05) is 20.3 Å². The highest BCUT2D eigenvalue weighted by molar-refractivity contribution is 5.34. The lowest BCUT2D eigenvalue weighted by molar-refractivity contribution is -0.0504. The maximum atomic E-state index is 14.0. The van der Waals surface area contributed by atoms with Gasteiger partial charge in [0.2, 0.25) is 11.6 Å². The van der Waals surface area contributed by atoms with Gasteiger partial charge in [-0.2, -0.15) is 8.78 Å². The molecule has 27 heavy (non-hydrogen) atoms. The third-order valence-electron chi connectivity index (χ3n) is 5.93. The predicted molar refractivity (Wildman–Crippen MR) is 101 cm³/mol. The first-order valence-electron chi connectivity index (χ1n) is 10.0. The number of benzene rings is 1. The lowest BCUT2D eigenvalue weighted by Gasteiger charge is -2.37. The second kappa shape index (κ2) is 9.54. The molecule has 0 radical (unpaired) electrons. The molecule has 2 atom stereocenters. The molecule has 0 aromatic heterocycles. The van der Waals surface area contributed by atoms with Crippen LogP contribution in [0.1, 0.15) is 45.4 Å². The van der Waals surface area contributed by atoms with Gasteiger partial charge >= 0.3 is 0 Å². The van der Waals surface area contributed by atoms with E-state index in [9.17, 15) is 8.78 Å². The van der Waals surface area contributed by atoms with Gasteiger partial charge in [-0.3, -0.25) is 0 Å². The zero-order valence-corrected chi connectivity index (χ0v) is 16.3. The fraction of sp³-hybridized carbons (Fsp3) is 0.636. The van der Waals surface area contributed by atoms with E-state index in [2.05, 4.69) is 19.1 Å². The van der Waals surface area contributed by atoms with Gasteiger partial charge in [-0.05, 0) is 69.4 Å². The summed E-state index contributed by atoms with van der Waals surface area (Å²) in [4.78, 5) is 0. The minimum atomic E-state index is -0.996. The Morgan fingerprint density at radius 3 is 2.37 bits per heavy atom. The number of methoxy groups -OCH3 is 1. The Kier molecular flexibility index (Phi) is 7.11. The number of hydrogen-bond donors (Lipinski definition) is 0. The molecule has 0 spiro atoms. The van der Waals surface area contributed by atoms with Gasteiger partial charge in [0.1, 0.15) is 0 Å². The van der Waals surface area contributed by atoms with E-state index in [1.165, 1.54) is 25.7 Å². The number of hydrogen-bond acceptors (Lipinski definition) is 3. The van der Waals surface area contributed by atoms with Crippen LogP contribution in [0.3, 0.4) is 0 Å². The third kappa shape index (κ3) is 5.01. The molecule has 1 saturated carbocycles. The van der Waals surface area contributed by atoms with Crippen molar-refractivity contribution in [1.82, 2.24) is 0 Å². The van der Waals surface area contributed by atoms with Crippen molar-refractivity contribution in [3.63, 3.8) is 0 Å². The summed E-state index contributed by atoms with van der Waals surface area (Å²) in [6.45, 7) is 3.31. The monoisotopic (exact) mass is 380 g/mol. The van der Waals surface area contributed by atoms with Crippen LogP contribution in [0.15, 0.2) is 24.3 Å². The Balaban J connectivity index is 1.43. The molecule has 2 aliphatic rings. The van der Waals surface area contributed by atoms with Crippen LogP contribution in [-0.4, -0.2) is 26.4 Å². The molecule has 3 nitrogen and oxygen atoms in total. The summed E-state index contributed by atoms with van der Waals surface area (Å²) >= 11 is 0. The average Bonchev–Trinajstić information content (AvgIpc) is 2.70. The van der Waals surface area contributed by atoms with Crippen LogP contribution in [0, 0.1) is 29.4 Å².